The average molecular weight is 752 g/mol. The van der Waals surface area contributed by atoms with Crippen LogP contribution in [-0.2, 0) is 23.9 Å². The Morgan fingerprint density at radius 1 is 1.04 bits per heavy atom. The number of nitrogens with zero attached hydrogens (tertiary/aromatic N) is 1. The van der Waals surface area contributed by atoms with Crippen LogP contribution in [0.4, 0.5) is 0 Å². The van der Waals surface area contributed by atoms with E-state index in [4.69, 9.17) is 26.7 Å². The van der Waals surface area contributed by atoms with E-state index in [1.165, 1.54) is 6.92 Å². The molecule has 11 atom stereocenters. The lowest BCUT2D eigenvalue weighted by molar-refractivity contribution is -0.236. The number of halogens is 1. The molecule has 12 heteroatoms. The average Bonchev–Trinajstić information content (AvgIpc) is 3.27. The van der Waals surface area contributed by atoms with Crippen molar-refractivity contribution in [2.24, 2.45) is 62.1 Å². The van der Waals surface area contributed by atoms with E-state index in [9.17, 15) is 24.6 Å². The Labute approximate surface area is 300 Å². The van der Waals surface area contributed by atoms with Crippen LogP contribution < -0.4 is 17.2 Å². The number of rotatable bonds is 11. The summed E-state index contributed by atoms with van der Waals surface area (Å²) in [7, 11) is 0. The van der Waals surface area contributed by atoms with Crippen molar-refractivity contribution < 1.29 is 34.1 Å². The molecule has 8 N–H and O–H groups in total. The number of guanidine groups is 1. The summed E-state index contributed by atoms with van der Waals surface area (Å²) in [6, 6.07) is -0.755. The number of nitrogens with two attached hydrogens (primary N) is 3. The second-order valence-electron chi connectivity index (χ2n) is 16.2. The molecule has 0 amide bonds. The van der Waals surface area contributed by atoms with Crippen molar-refractivity contribution in [3.63, 3.8) is 0 Å². The molecule has 49 heavy (non-hydrogen) atoms. The number of aliphatic imine (C=N–C) groups is 1. The quantitative estimate of drug-likeness (QED) is 0.0605. The maximum atomic E-state index is 13.0. The van der Waals surface area contributed by atoms with Crippen LogP contribution in [0, 0.1) is 39.9 Å². The van der Waals surface area contributed by atoms with Gasteiger partial charge in [-0.1, -0.05) is 49.2 Å². The van der Waals surface area contributed by atoms with Gasteiger partial charge in [-0.15, -0.1) is 0 Å². The van der Waals surface area contributed by atoms with Gasteiger partial charge in [0, 0.05) is 19.0 Å². The first-order valence-corrected chi connectivity index (χ1v) is 18.7. The summed E-state index contributed by atoms with van der Waals surface area (Å²) < 4.78 is 13.0. The van der Waals surface area contributed by atoms with Crippen LogP contribution in [0.25, 0.3) is 0 Å². The van der Waals surface area contributed by atoms with Gasteiger partial charge in [-0.2, -0.15) is 0 Å². The summed E-state index contributed by atoms with van der Waals surface area (Å²) in [4.78, 5) is 42.3. The van der Waals surface area contributed by atoms with E-state index in [-0.39, 0.29) is 52.1 Å². The smallest absolute Gasteiger partial charge is 0.331 e. The lowest BCUT2D eigenvalue weighted by Crippen LogP contribution is -2.65. The first kappa shape index (κ1) is 39.3. The zero-order valence-corrected chi connectivity index (χ0v) is 32.0. The lowest BCUT2D eigenvalue weighted by Gasteiger charge is -2.69. The fourth-order valence-corrected chi connectivity index (χ4v) is 11.0. The Balaban J connectivity index is 1.62. The zero-order chi connectivity index (χ0) is 36.6. The van der Waals surface area contributed by atoms with Crippen molar-refractivity contribution in [1.29, 1.82) is 0 Å². The van der Waals surface area contributed by atoms with E-state index < -0.39 is 41.6 Å². The number of allylic oxidation sites excluding steroid dienone is 2. The first-order chi connectivity index (χ1) is 22.8. The van der Waals surface area contributed by atoms with Crippen molar-refractivity contribution in [2.75, 3.05) is 6.54 Å². The Kier molecular flexibility index (Phi) is 12.1. The second kappa shape index (κ2) is 15.0. The third-order valence-corrected chi connectivity index (χ3v) is 14.5. The predicted molar refractivity (Wildman–Crippen MR) is 192 cm³/mol. The summed E-state index contributed by atoms with van der Waals surface area (Å²) in [5, 5.41) is 22.8. The maximum absolute atomic E-state index is 13.0. The van der Waals surface area contributed by atoms with Crippen molar-refractivity contribution >= 4 is 39.8 Å². The van der Waals surface area contributed by atoms with Crippen LogP contribution >= 0.6 is 15.9 Å². The van der Waals surface area contributed by atoms with Crippen LogP contribution in [0.3, 0.4) is 0 Å². The van der Waals surface area contributed by atoms with Crippen LogP contribution in [0.5, 0.6) is 0 Å². The minimum Gasteiger partial charge on any atom is -0.478 e. The number of carbonyl (C=O) groups excluding carboxylic acids is 2. The topological polar surface area (TPSA) is 201 Å². The summed E-state index contributed by atoms with van der Waals surface area (Å²) in [5.41, 5.74) is 18.0. The van der Waals surface area contributed by atoms with Crippen molar-refractivity contribution in [1.82, 2.24) is 0 Å². The molecule has 4 saturated carbocycles. The van der Waals surface area contributed by atoms with E-state index >= 15 is 0 Å². The molecular formula is C37H59BrN4O7. The van der Waals surface area contributed by atoms with Crippen LogP contribution in [0.2, 0.25) is 0 Å². The highest BCUT2D eigenvalue weighted by atomic mass is 79.9. The lowest BCUT2D eigenvalue weighted by atomic mass is 9.36. The van der Waals surface area contributed by atoms with Gasteiger partial charge < -0.3 is 36.9 Å². The molecule has 0 aromatic heterocycles. The van der Waals surface area contributed by atoms with Gasteiger partial charge in [0.05, 0.1) is 6.10 Å². The van der Waals surface area contributed by atoms with Crippen LogP contribution in [-0.4, -0.2) is 65.0 Å². The van der Waals surface area contributed by atoms with Crippen molar-refractivity contribution in [3.8, 4) is 0 Å². The third kappa shape index (κ3) is 7.47. The molecule has 0 radical (unpaired) electrons. The molecule has 0 saturated heterocycles. The Bertz CT molecular complexity index is 1390. The molecule has 4 aliphatic rings. The molecule has 11 nitrogen and oxygen atoms in total. The van der Waals surface area contributed by atoms with E-state index in [1.807, 2.05) is 13.8 Å². The SMILES string of the molecule is CC(=O)O[C@H]1C[C@@]2(C)[C@H](C[C@@H](O)[C@@H]3[C@@]4(C)CC[C@@H](OC(=O)[C@@H](N)CCCN=C(N)N)[C@@H](C)C4CC[C@@]32C)C1=C(CCC(Br)=C(C)C)C(=O)O. The van der Waals surface area contributed by atoms with Gasteiger partial charge in [0.2, 0.25) is 0 Å². The summed E-state index contributed by atoms with van der Waals surface area (Å²) in [6.45, 7) is 14.7. The minimum absolute atomic E-state index is 0.00833. The molecule has 0 spiro atoms. The normalized spacial score (nSPS) is 38.2. The first-order valence-electron chi connectivity index (χ1n) is 17.9. The standard InChI is InChI=1S/C37H59BrN4O7/c1-19(2)25(38)11-10-22(32(45)46)30-24-17-27(44)31-35(5)14-13-28(49-33(47)26(39)9-8-16-42-34(40)41)20(3)23(35)12-15-36(31,6)37(24,7)18-29(30)48-21(4)43/h20,23-24,26-29,31,44H,8-18,39H2,1-7H3,(H,45,46)(H4,40,41,42)/t20-,23?,24+,26-,27+,28+,29-,31+,35-,36-,37-/m0/s1. The number of esters is 2. The van der Waals surface area contributed by atoms with Gasteiger partial charge in [0.1, 0.15) is 18.2 Å². The Hall–Kier alpha value is -2.44. The van der Waals surface area contributed by atoms with Crippen LogP contribution in [0.1, 0.15) is 113 Å². The predicted octanol–water partition coefficient (Wildman–Crippen LogP) is 5.32. The number of carboxylic acids is 1. The fourth-order valence-electron chi connectivity index (χ4n) is 10.8. The third-order valence-electron chi connectivity index (χ3n) is 13.3. The molecule has 4 aliphatic carbocycles. The Morgan fingerprint density at radius 3 is 2.31 bits per heavy atom. The van der Waals surface area contributed by atoms with Crippen LogP contribution in [0.15, 0.2) is 26.2 Å². The molecule has 4 rings (SSSR count). The van der Waals surface area contributed by atoms with Crippen molar-refractivity contribution in [2.45, 2.75) is 137 Å². The van der Waals surface area contributed by atoms with Gasteiger partial charge in [-0.25, -0.2) is 4.79 Å². The number of hydrogen-bond acceptors (Lipinski definition) is 8. The van der Waals surface area contributed by atoms with Crippen molar-refractivity contribution in [3.05, 3.63) is 21.2 Å². The number of hydrogen-bond donors (Lipinski definition) is 5. The highest BCUT2D eigenvalue weighted by Crippen LogP contribution is 2.74. The molecule has 0 aliphatic heterocycles. The number of aliphatic carboxylic acids is 1. The molecule has 0 aromatic rings. The maximum Gasteiger partial charge on any atom is 0.331 e. The molecule has 4 fully saturated rings. The summed E-state index contributed by atoms with van der Waals surface area (Å²) in [6.07, 6.45) is 4.31. The van der Waals surface area contributed by atoms with Gasteiger partial charge in [-0.3, -0.25) is 14.6 Å². The van der Waals surface area contributed by atoms with E-state index in [1.54, 1.807) is 0 Å². The largest absolute Gasteiger partial charge is 0.478 e. The molecule has 0 heterocycles. The van der Waals surface area contributed by atoms with Gasteiger partial charge in [0.25, 0.3) is 0 Å². The number of aliphatic hydroxyl groups excluding tert-OH is 1. The molecule has 1 unspecified atom stereocenters. The number of carboxylic acid groups (broad SMARTS) is 1. The van der Waals surface area contributed by atoms with E-state index in [0.29, 0.717) is 57.1 Å². The molecule has 0 bridgehead atoms. The fraction of sp³-hybridized carbons (Fsp3) is 0.784. The highest BCUT2D eigenvalue weighted by molar-refractivity contribution is 9.11. The molecular weight excluding hydrogens is 692 g/mol. The van der Waals surface area contributed by atoms with Gasteiger partial charge in [-0.05, 0) is 128 Å². The number of aliphatic hydroxyl groups is 1. The summed E-state index contributed by atoms with van der Waals surface area (Å²) in [5.74, 6) is -1.87. The number of carbonyl (C=O) groups is 3. The zero-order valence-electron chi connectivity index (χ0n) is 30.4. The van der Waals surface area contributed by atoms with Gasteiger partial charge >= 0.3 is 17.9 Å². The van der Waals surface area contributed by atoms with Gasteiger partial charge in [0.15, 0.2) is 5.96 Å². The highest BCUT2D eigenvalue weighted by Gasteiger charge is 2.71. The monoisotopic (exact) mass is 750 g/mol. The minimum atomic E-state index is -1.00. The molecule has 276 valence electrons. The number of fused-ring (bicyclic) bond motifs is 5. The Morgan fingerprint density at radius 2 is 1.71 bits per heavy atom. The van der Waals surface area contributed by atoms with E-state index in [2.05, 4.69) is 48.6 Å². The van der Waals surface area contributed by atoms with E-state index in [0.717, 1.165) is 29.3 Å². The molecule has 0 aromatic carbocycles. The summed E-state index contributed by atoms with van der Waals surface area (Å²) >= 11 is 3.60. The number of ether oxygens (including phenoxy) is 2. The second-order valence-corrected chi connectivity index (χ2v) is 17.2.